The molecule has 2 rings (SSSR count). The van der Waals surface area contributed by atoms with Gasteiger partial charge in [-0.25, -0.2) is 0 Å². The minimum Gasteiger partial charge on any atom is -0.405 e. The zero-order valence-electron chi connectivity index (χ0n) is 11.2. The fourth-order valence-corrected chi connectivity index (χ4v) is 1.66. The number of nitrogens with two attached hydrogens (primary N) is 1. The summed E-state index contributed by atoms with van der Waals surface area (Å²) in [6, 6.07) is 13.5. The number of nitrogens with zero attached hydrogens (tertiary/aromatic N) is 3. The lowest BCUT2D eigenvalue weighted by atomic mass is 10.1. The van der Waals surface area contributed by atoms with E-state index in [1.54, 1.807) is 12.1 Å². The van der Waals surface area contributed by atoms with E-state index in [0.29, 0.717) is 11.4 Å². The van der Waals surface area contributed by atoms with Crippen LogP contribution < -0.4 is 5.73 Å². The van der Waals surface area contributed by atoms with Crippen molar-refractivity contribution < 1.29 is 4.92 Å². The first-order valence-electron chi connectivity index (χ1n) is 6.31. The molecule has 0 fully saturated rings. The molecule has 6 heteroatoms. The largest absolute Gasteiger partial charge is 0.405 e. The molecule has 0 amide bonds. The molecule has 0 aromatic heterocycles. The van der Waals surface area contributed by atoms with Gasteiger partial charge in [0.1, 0.15) is 0 Å². The Labute approximate surface area is 121 Å². The molecule has 0 bridgehead atoms. The first-order chi connectivity index (χ1) is 10.2. The van der Waals surface area contributed by atoms with Gasteiger partial charge in [-0.3, -0.25) is 10.1 Å². The van der Waals surface area contributed by atoms with Gasteiger partial charge < -0.3 is 5.73 Å². The van der Waals surface area contributed by atoms with E-state index in [9.17, 15) is 10.1 Å². The van der Waals surface area contributed by atoms with E-state index in [2.05, 4.69) is 10.2 Å². The van der Waals surface area contributed by atoms with Gasteiger partial charge in [0.2, 0.25) is 0 Å². The van der Waals surface area contributed by atoms with Gasteiger partial charge in [-0.05, 0) is 42.4 Å². The monoisotopic (exact) mass is 282 g/mol. The maximum Gasteiger partial charge on any atom is 0.269 e. The number of allylic oxidation sites excluding steroid dienone is 1. The molecule has 0 saturated carbocycles. The Morgan fingerprint density at radius 1 is 1.00 bits per heavy atom. The fourth-order valence-electron chi connectivity index (χ4n) is 1.66. The minimum absolute atomic E-state index is 0.0336. The second kappa shape index (κ2) is 6.95. The maximum atomic E-state index is 10.5. The van der Waals surface area contributed by atoms with E-state index in [1.165, 1.54) is 18.3 Å². The van der Waals surface area contributed by atoms with Gasteiger partial charge in [-0.2, -0.15) is 10.2 Å². The Hall–Kier alpha value is -3.02. The van der Waals surface area contributed by atoms with E-state index in [4.69, 9.17) is 5.73 Å². The van der Waals surface area contributed by atoms with Crippen LogP contribution in [0.3, 0.4) is 0 Å². The van der Waals surface area contributed by atoms with Gasteiger partial charge in [-0.1, -0.05) is 18.2 Å². The molecule has 21 heavy (non-hydrogen) atoms. The zero-order chi connectivity index (χ0) is 15.1. The summed E-state index contributed by atoms with van der Waals surface area (Å²) in [5.41, 5.74) is 7.74. The minimum atomic E-state index is -0.449. The van der Waals surface area contributed by atoms with E-state index < -0.39 is 4.92 Å². The van der Waals surface area contributed by atoms with Gasteiger partial charge in [0, 0.05) is 12.1 Å². The second-order valence-electron chi connectivity index (χ2n) is 4.27. The van der Waals surface area contributed by atoms with Gasteiger partial charge in [-0.15, -0.1) is 0 Å². The summed E-state index contributed by atoms with van der Waals surface area (Å²) in [5.74, 6) is 0. The standard InChI is InChI=1S/C15H14N4O2/c16-11-1-2-12-3-5-13(6-4-12)17-18-14-7-9-15(10-8-14)19(20)21/h1,3-11H,2,16H2. The number of azo groups is 1. The SMILES string of the molecule is NC=CCc1ccc(N=Nc2ccc([N+](=O)[O-])cc2)cc1. The summed E-state index contributed by atoms with van der Waals surface area (Å²) in [6.45, 7) is 0. The molecule has 2 N–H and O–H groups in total. The molecule has 0 aliphatic heterocycles. The van der Waals surface area contributed by atoms with Crippen LogP contribution in [0.25, 0.3) is 0 Å². The number of benzene rings is 2. The molecule has 0 atom stereocenters. The summed E-state index contributed by atoms with van der Waals surface area (Å²) in [4.78, 5) is 10.1. The Morgan fingerprint density at radius 2 is 1.52 bits per heavy atom. The Kier molecular flexibility index (Phi) is 4.76. The Balaban J connectivity index is 2.04. The number of hydrogen-bond donors (Lipinski definition) is 1. The predicted octanol–water partition coefficient (Wildman–Crippen LogP) is 4.03. The van der Waals surface area contributed by atoms with E-state index in [1.807, 2.05) is 30.3 Å². The molecular formula is C15H14N4O2. The van der Waals surface area contributed by atoms with Gasteiger partial charge >= 0.3 is 0 Å². The van der Waals surface area contributed by atoms with Crippen molar-refractivity contribution in [3.8, 4) is 0 Å². The van der Waals surface area contributed by atoms with Crippen molar-refractivity contribution in [1.82, 2.24) is 0 Å². The number of non-ortho nitro benzene ring substituents is 1. The summed E-state index contributed by atoms with van der Waals surface area (Å²) < 4.78 is 0. The Morgan fingerprint density at radius 3 is 2.00 bits per heavy atom. The van der Waals surface area contributed by atoms with Crippen molar-refractivity contribution in [1.29, 1.82) is 0 Å². The second-order valence-corrected chi connectivity index (χ2v) is 4.27. The normalized spacial score (nSPS) is 11.2. The first-order valence-corrected chi connectivity index (χ1v) is 6.31. The molecule has 2 aromatic rings. The summed E-state index contributed by atoms with van der Waals surface area (Å²) in [7, 11) is 0. The van der Waals surface area contributed by atoms with E-state index >= 15 is 0 Å². The number of rotatable bonds is 5. The van der Waals surface area contributed by atoms with Crippen LogP contribution in [0.4, 0.5) is 17.1 Å². The highest BCUT2D eigenvalue weighted by atomic mass is 16.6. The molecule has 0 heterocycles. The summed E-state index contributed by atoms with van der Waals surface area (Å²) >= 11 is 0. The van der Waals surface area contributed by atoms with Crippen molar-refractivity contribution in [2.24, 2.45) is 16.0 Å². The zero-order valence-corrected chi connectivity index (χ0v) is 11.2. The maximum absolute atomic E-state index is 10.5. The molecule has 0 saturated heterocycles. The molecule has 0 aliphatic carbocycles. The summed E-state index contributed by atoms with van der Waals surface area (Å²) in [6.07, 6.45) is 4.16. The van der Waals surface area contributed by atoms with E-state index in [-0.39, 0.29) is 5.69 Å². The van der Waals surface area contributed by atoms with Crippen molar-refractivity contribution in [2.75, 3.05) is 0 Å². The van der Waals surface area contributed by atoms with Gasteiger partial charge in [0.05, 0.1) is 16.3 Å². The molecule has 0 unspecified atom stereocenters. The average molecular weight is 282 g/mol. The topological polar surface area (TPSA) is 93.9 Å². The fraction of sp³-hybridized carbons (Fsp3) is 0.0667. The quantitative estimate of drug-likeness (QED) is 0.509. The first kappa shape index (κ1) is 14.4. The Bertz CT molecular complexity index is 661. The lowest BCUT2D eigenvalue weighted by Gasteiger charge is -1.97. The molecular weight excluding hydrogens is 268 g/mol. The molecule has 0 aliphatic rings. The third-order valence-electron chi connectivity index (χ3n) is 2.77. The molecule has 2 aromatic carbocycles. The summed E-state index contributed by atoms with van der Waals surface area (Å²) in [5, 5.41) is 18.7. The van der Waals surface area contributed by atoms with Crippen LogP contribution in [0.5, 0.6) is 0 Å². The van der Waals surface area contributed by atoms with Crippen LogP contribution in [0, 0.1) is 10.1 Å². The van der Waals surface area contributed by atoms with Crippen LogP contribution in [0.2, 0.25) is 0 Å². The van der Waals surface area contributed by atoms with Crippen molar-refractivity contribution in [2.45, 2.75) is 6.42 Å². The number of nitro groups is 1. The third-order valence-corrected chi connectivity index (χ3v) is 2.77. The number of nitro benzene ring substituents is 1. The lowest BCUT2D eigenvalue weighted by Crippen LogP contribution is -1.85. The molecule has 0 spiro atoms. The average Bonchev–Trinajstić information content (AvgIpc) is 2.52. The van der Waals surface area contributed by atoms with Crippen LogP contribution in [0.1, 0.15) is 5.56 Å². The van der Waals surface area contributed by atoms with Crippen LogP contribution >= 0.6 is 0 Å². The highest BCUT2D eigenvalue weighted by Crippen LogP contribution is 2.21. The highest BCUT2D eigenvalue weighted by molar-refractivity contribution is 5.45. The van der Waals surface area contributed by atoms with Gasteiger partial charge in [0.15, 0.2) is 0 Å². The van der Waals surface area contributed by atoms with Crippen LogP contribution in [-0.2, 0) is 6.42 Å². The molecule has 106 valence electrons. The number of hydrogen-bond acceptors (Lipinski definition) is 5. The van der Waals surface area contributed by atoms with E-state index in [0.717, 1.165) is 12.0 Å². The van der Waals surface area contributed by atoms with Crippen molar-refractivity contribution in [3.05, 3.63) is 76.5 Å². The van der Waals surface area contributed by atoms with Crippen LogP contribution in [-0.4, -0.2) is 4.92 Å². The molecule has 6 nitrogen and oxygen atoms in total. The third kappa shape index (κ3) is 4.24. The predicted molar refractivity (Wildman–Crippen MR) is 80.7 cm³/mol. The van der Waals surface area contributed by atoms with Gasteiger partial charge in [0.25, 0.3) is 5.69 Å². The van der Waals surface area contributed by atoms with Crippen molar-refractivity contribution in [3.63, 3.8) is 0 Å². The lowest BCUT2D eigenvalue weighted by molar-refractivity contribution is -0.384. The molecule has 0 radical (unpaired) electrons. The van der Waals surface area contributed by atoms with Crippen LogP contribution in [0.15, 0.2) is 71.0 Å². The van der Waals surface area contributed by atoms with Crippen molar-refractivity contribution >= 4 is 17.1 Å². The highest BCUT2D eigenvalue weighted by Gasteiger charge is 2.02. The smallest absolute Gasteiger partial charge is 0.269 e.